The van der Waals surface area contributed by atoms with E-state index in [0.717, 1.165) is 48.9 Å². The Morgan fingerprint density at radius 3 is 3.11 bits per heavy atom. The molecule has 140 valence electrons. The van der Waals surface area contributed by atoms with E-state index < -0.39 is 0 Å². The van der Waals surface area contributed by atoms with Gasteiger partial charge in [0.05, 0.1) is 24.3 Å². The molecule has 4 rings (SSSR count). The van der Waals surface area contributed by atoms with Crippen LogP contribution in [-0.4, -0.2) is 59.0 Å². The number of nitrogens with one attached hydrogen (secondary N) is 1. The maximum Gasteiger partial charge on any atom is 0.237 e. The topological polar surface area (TPSA) is 72.3 Å². The molecule has 1 amide bonds. The zero-order valence-corrected chi connectivity index (χ0v) is 15.1. The maximum atomic E-state index is 13.6. The molecule has 1 N–H and O–H groups in total. The summed E-state index contributed by atoms with van der Waals surface area (Å²) in [5.74, 6) is -0.316. The normalized spacial score (nSPS) is 22.9. The predicted octanol–water partition coefficient (Wildman–Crippen LogP) is 2.37. The Morgan fingerprint density at radius 2 is 2.26 bits per heavy atom. The fourth-order valence-electron chi connectivity index (χ4n) is 4.05. The number of aromatic nitrogens is 1. The Balaban J connectivity index is 1.38. The van der Waals surface area contributed by atoms with Crippen LogP contribution in [0.25, 0.3) is 10.9 Å². The fraction of sp³-hybridized carbons (Fsp3) is 0.450. The summed E-state index contributed by atoms with van der Waals surface area (Å²) in [5.41, 5.74) is 1.62. The first-order valence-electron chi connectivity index (χ1n) is 9.36. The van der Waals surface area contributed by atoms with Gasteiger partial charge in [0.25, 0.3) is 0 Å². The predicted molar refractivity (Wildman–Crippen MR) is 101 cm³/mol. The number of nitriles is 1. The second-order valence-electron chi connectivity index (χ2n) is 7.27. The number of hydrogen-bond donors (Lipinski definition) is 1. The van der Waals surface area contributed by atoms with Crippen molar-refractivity contribution in [2.45, 2.75) is 31.3 Å². The van der Waals surface area contributed by atoms with Gasteiger partial charge in [-0.2, -0.15) is 5.26 Å². The molecule has 2 saturated heterocycles. The number of carbonyl (C=O) groups excluding carboxylic acids is 1. The summed E-state index contributed by atoms with van der Waals surface area (Å²) in [5, 5.41) is 13.4. The van der Waals surface area contributed by atoms with Crippen LogP contribution in [0.4, 0.5) is 10.1 Å². The molecule has 2 aliphatic heterocycles. The highest BCUT2D eigenvalue weighted by atomic mass is 19.1. The van der Waals surface area contributed by atoms with Crippen molar-refractivity contribution in [1.29, 1.82) is 5.26 Å². The van der Waals surface area contributed by atoms with Gasteiger partial charge >= 0.3 is 0 Å². The van der Waals surface area contributed by atoms with Crippen LogP contribution in [0.5, 0.6) is 0 Å². The average Bonchev–Trinajstić information content (AvgIpc) is 3.31. The first kappa shape index (κ1) is 17.7. The van der Waals surface area contributed by atoms with E-state index in [1.165, 1.54) is 12.3 Å². The summed E-state index contributed by atoms with van der Waals surface area (Å²) in [6, 6.07) is 9.33. The van der Waals surface area contributed by atoms with Gasteiger partial charge in [-0.25, -0.2) is 4.39 Å². The number of rotatable bonds is 4. The molecule has 0 aliphatic carbocycles. The molecule has 1 aromatic carbocycles. The second kappa shape index (κ2) is 7.49. The van der Waals surface area contributed by atoms with Crippen molar-refractivity contribution in [1.82, 2.24) is 14.8 Å². The van der Waals surface area contributed by atoms with Crippen LogP contribution in [0.15, 0.2) is 30.5 Å². The molecular formula is C20H22FN5O. The van der Waals surface area contributed by atoms with Gasteiger partial charge in [0.2, 0.25) is 5.91 Å². The van der Waals surface area contributed by atoms with Crippen molar-refractivity contribution in [3.8, 4) is 6.07 Å². The molecule has 0 bridgehead atoms. The van der Waals surface area contributed by atoms with Crippen molar-refractivity contribution in [2.75, 3.05) is 31.5 Å². The third-order valence-electron chi connectivity index (χ3n) is 5.41. The molecule has 2 atom stereocenters. The largest absolute Gasteiger partial charge is 0.380 e. The van der Waals surface area contributed by atoms with E-state index in [1.54, 1.807) is 4.90 Å². The molecular weight excluding hydrogens is 345 g/mol. The van der Waals surface area contributed by atoms with Crippen LogP contribution in [0.1, 0.15) is 19.3 Å². The van der Waals surface area contributed by atoms with Crippen LogP contribution in [0.3, 0.4) is 0 Å². The summed E-state index contributed by atoms with van der Waals surface area (Å²) >= 11 is 0. The lowest BCUT2D eigenvalue weighted by Gasteiger charge is -2.23. The molecule has 3 heterocycles. The molecule has 1 unspecified atom stereocenters. The minimum absolute atomic E-state index is 0.0381. The summed E-state index contributed by atoms with van der Waals surface area (Å²) < 4.78 is 13.6. The number of likely N-dealkylation sites (tertiary alicyclic amines) is 2. The number of halogens is 1. The Labute approximate surface area is 157 Å². The van der Waals surface area contributed by atoms with E-state index in [9.17, 15) is 9.18 Å². The average molecular weight is 367 g/mol. The van der Waals surface area contributed by atoms with Crippen molar-refractivity contribution in [3.63, 3.8) is 0 Å². The Morgan fingerprint density at radius 1 is 1.37 bits per heavy atom. The van der Waals surface area contributed by atoms with Gasteiger partial charge in [-0.1, -0.05) is 6.07 Å². The molecule has 7 heteroatoms. The number of nitrogens with zero attached hydrogens (tertiary/aromatic N) is 4. The number of hydrogen-bond acceptors (Lipinski definition) is 5. The third-order valence-corrected chi connectivity index (χ3v) is 5.41. The minimum atomic E-state index is -0.354. The van der Waals surface area contributed by atoms with Crippen LogP contribution < -0.4 is 5.32 Å². The number of anilines is 1. The number of carbonyl (C=O) groups is 1. The van der Waals surface area contributed by atoms with Crippen LogP contribution in [0, 0.1) is 17.1 Å². The first-order valence-corrected chi connectivity index (χ1v) is 9.36. The number of benzene rings is 1. The van der Waals surface area contributed by atoms with E-state index in [4.69, 9.17) is 5.26 Å². The van der Waals surface area contributed by atoms with Crippen molar-refractivity contribution >= 4 is 22.5 Å². The van der Waals surface area contributed by atoms with Crippen LogP contribution >= 0.6 is 0 Å². The van der Waals surface area contributed by atoms with E-state index in [1.807, 2.05) is 18.2 Å². The van der Waals surface area contributed by atoms with E-state index in [-0.39, 0.29) is 23.8 Å². The van der Waals surface area contributed by atoms with Gasteiger partial charge in [-0.15, -0.1) is 0 Å². The standard InChI is InChI=1S/C20H22FN5O/c21-14-9-17-18(23-11-14)4-1-5-19(17)24-15-6-8-25(12-15)13-20(27)26-7-2-3-16(26)10-22/h1,4-5,9,11,15-16,24H,2-3,6-8,12-13H2/t15-,16?/m0/s1. The van der Waals surface area contributed by atoms with E-state index in [0.29, 0.717) is 13.1 Å². The van der Waals surface area contributed by atoms with E-state index in [2.05, 4.69) is 21.3 Å². The van der Waals surface area contributed by atoms with Gasteiger partial charge in [-0.3, -0.25) is 14.7 Å². The lowest BCUT2D eigenvalue weighted by atomic mass is 10.1. The van der Waals surface area contributed by atoms with Crippen molar-refractivity contribution in [2.24, 2.45) is 0 Å². The summed E-state index contributed by atoms with van der Waals surface area (Å²) in [7, 11) is 0. The quantitative estimate of drug-likeness (QED) is 0.898. The highest BCUT2D eigenvalue weighted by Crippen LogP contribution is 2.25. The molecule has 1 aromatic heterocycles. The van der Waals surface area contributed by atoms with Gasteiger partial charge in [0.15, 0.2) is 0 Å². The Hall–Kier alpha value is -2.72. The van der Waals surface area contributed by atoms with Gasteiger partial charge < -0.3 is 10.2 Å². The van der Waals surface area contributed by atoms with Crippen LogP contribution in [0.2, 0.25) is 0 Å². The van der Waals surface area contributed by atoms with Crippen LogP contribution in [-0.2, 0) is 4.79 Å². The molecule has 2 aromatic rings. The van der Waals surface area contributed by atoms with Gasteiger partial charge in [0.1, 0.15) is 11.9 Å². The lowest BCUT2D eigenvalue weighted by molar-refractivity contribution is -0.132. The smallest absolute Gasteiger partial charge is 0.237 e. The molecule has 27 heavy (non-hydrogen) atoms. The first-order chi connectivity index (χ1) is 13.1. The highest BCUT2D eigenvalue weighted by Gasteiger charge is 2.31. The summed E-state index contributed by atoms with van der Waals surface area (Å²) in [6.45, 7) is 2.60. The maximum absolute atomic E-state index is 13.6. The fourth-order valence-corrected chi connectivity index (χ4v) is 4.05. The zero-order chi connectivity index (χ0) is 18.8. The molecule has 2 aliphatic rings. The van der Waals surface area contributed by atoms with Gasteiger partial charge in [-0.05, 0) is 37.5 Å². The monoisotopic (exact) mass is 367 g/mol. The number of pyridine rings is 1. The molecule has 0 radical (unpaired) electrons. The lowest BCUT2D eigenvalue weighted by Crippen LogP contribution is -2.42. The molecule has 0 spiro atoms. The number of amides is 1. The molecule has 2 fully saturated rings. The zero-order valence-electron chi connectivity index (χ0n) is 15.1. The van der Waals surface area contributed by atoms with Crippen molar-refractivity contribution in [3.05, 3.63) is 36.3 Å². The number of fused-ring (bicyclic) bond motifs is 1. The summed E-state index contributed by atoms with van der Waals surface area (Å²) in [6.07, 6.45) is 3.81. The third kappa shape index (κ3) is 3.71. The Kier molecular flexibility index (Phi) is 4.90. The van der Waals surface area contributed by atoms with Crippen molar-refractivity contribution < 1.29 is 9.18 Å². The second-order valence-corrected chi connectivity index (χ2v) is 7.27. The Bertz CT molecular complexity index is 896. The van der Waals surface area contributed by atoms with E-state index >= 15 is 0 Å². The van der Waals surface area contributed by atoms with Gasteiger partial charge in [0, 0.05) is 36.7 Å². The molecule has 0 saturated carbocycles. The SMILES string of the molecule is N#CC1CCCN1C(=O)CN1CC[C@H](Nc2cccc3ncc(F)cc23)C1. The summed E-state index contributed by atoms with van der Waals surface area (Å²) in [4.78, 5) is 20.5. The highest BCUT2D eigenvalue weighted by molar-refractivity contribution is 5.91. The minimum Gasteiger partial charge on any atom is -0.380 e. The molecule has 6 nitrogen and oxygen atoms in total.